The number of aryl methyl sites for hydroxylation is 2. The van der Waals surface area contributed by atoms with Crippen molar-refractivity contribution in [2.24, 2.45) is 0 Å². The lowest BCUT2D eigenvalue weighted by molar-refractivity contribution is 0.626. The molecule has 2 aromatic carbocycles. The van der Waals surface area contributed by atoms with Gasteiger partial charge < -0.3 is 5.73 Å². The first kappa shape index (κ1) is 13.0. The van der Waals surface area contributed by atoms with Crippen LogP contribution in [0.25, 0.3) is 0 Å². The summed E-state index contributed by atoms with van der Waals surface area (Å²) < 4.78 is 13.0. The van der Waals surface area contributed by atoms with E-state index in [2.05, 4.69) is 6.07 Å². The van der Waals surface area contributed by atoms with Crippen LogP contribution in [0.1, 0.15) is 16.7 Å². The molecule has 0 aliphatic carbocycles. The topological polar surface area (TPSA) is 26.0 Å². The van der Waals surface area contributed by atoms with Gasteiger partial charge in [-0.05, 0) is 54.8 Å². The molecule has 18 heavy (non-hydrogen) atoms. The fraction of sp³-hybridized carbons (Fsp3) is 0.200. The monoisotopic (exact) mass is 261 g/mol. The van der Waals surface area contributed by atoms with E-state index in [9.17, 15) is 4.39 Å². The Kier molecular flexibility index (Phi) is 3.92. The highest BCUT2D eigenvalue weighted by Crippen LogP contribution is 2.29. The molecule has 94 valence electrons. The standard InChI is InChI=1S/C15H16FNS/c1-10-3-6-14(17)15(7-10)18-9-12-4-5-13(16)8-11(12)2/h3-8H,9,17H2,1-2H3. The van der Waals surface area contributed by atoms with Crippen molar-refractivity contribution in [3.05, 3.63) is 58.9 Å². The van der Waals surface area contributed by atoms with E-state index in [-0.39, 0.29) is 5.82 Å². The van der Waals surface area contributed by atoms with Crippen molar-refractivity contribution >= 4 is 17.4 Å². The lowest BCUT2D eigenvalue weighted by Gasteiger charge is -2.08. The van der Waals surface area contributed by atoms with Gasteiger partial charge in [-0.15, -0.1) is 11.8 Å². The maximum absolute atomic E-state index is 13.0. The molecular formula is C15H16FNS. The lowest BCUT2D eigenvalue weighted by Crippen LogP contribution is -1.91. The third-order valence-electron chi connectivity index (χ3n) is 2.86. The molecule has 0 unspecified atom stereocenters. The molecule has 0 atom stereocenters. The average Bonchev–Trinajstić information content (AvgIpc) is 2.32. The quantitative estimate of drug-likeness (QED) is 0.658. The summed E-state index contributed by atoms with van der Waals surface area (Å²) >= 11 is 1.69. The van der Waals surface area contributed by atoms with Gasteiger partial charge in [0.2, 0.25) is 0 Å². The van der Waals surface area contributed by atoms with Crippen LogP contribution in [0.15, 0.2) is 41.3 Å². The third kappa shape index (κ3) is 3.05. The molecule has 0 saturated heterocycles. The molecule has 0 bridgehead atoms. The molecule has 0 saturated carbocycles. The highest BCUT2D eigenvalue weighted by atomic mass is 32.2. The van der Waals surface area contributed by atoms with Gasteiger partial charge in [-0.25, -0.2) is 4.39 Å². The van der Waals surface area contributed by atoms with Crippen molar-refractivity contribution in [2.45, 2.75) is 24.5 Å². The van der Waals surface area contributed by atoms with Gasteiger partial charge in [0.25, 0.3) is 0 Å². The summed E-state index contributed by atoms with van der Waals surface area (Å²) in [6, 6.07) is 10.9. The molecule has 0 aromatic heterocycles. The van der Waals surface area contributed by atoms with Crippen LogP contribution in [0, 0.1) is 19.7 Å². The molecule has 2 N–H and O–H groups in total. The van der Waals surface area contributed by atoms with Gasteiger partial charge in [-0.1, -0.05) is 12.1 Å². The van der Waals surface area contributed by atoms with E-state index < -0.39 is 0 Å². The van der Waals surface area contributed by atoms with Gasteiger partial charge in [-0.3, -0.25) is 0 Å². The van der Waals surface area contributed by atoms with E-state index in [4.69, 9.17) is 5.73 Å². The predicted molar refractivity (Wildman–Crippen MR) is 76.3 cm³/mol. The molecule has 0 aliphatic rings. The van der Waals surface area contributed by atoms with Crippen LogP contribution in [-0.4, -0.2) is 0 Å². The zero-order valence-electron chi connectivity index (χ0n) is 10.5. The number of halogens is 1. The second-order valence-corrected chi connectivity index (χ2v) is 5.42. The normalized spacial score (nSPS) is 10.6. The molecule has 0 heterocycles. The number of anilines is 1. The lowest BCUT2D eigenvalue weighted by atomic mass is 10.1. The van der Waals surface area contributed by atoms with Crippen molar-refractivity contribution in [3.8, 4) is 0 Å². The fourth-order valence-electron chi connectivity index (χ4n) is 1.74. The van der Waals surface area contributed by atoms with Crippen LogP contribution in [0.5, 0.6) is 0 Å². The molecule has 3 heteroatoms. The van der Waals surface area contributed by atoms with Gasteiger partial charge in [-0.2, -0.15) is 0 Å². The number of hydrogen-bond donors (Lipinski definition) is 1. The van der Waals surface area contributed by atoms with E-state index in [0.29, 0.717) is 0 Å². The van der Waals surface area contributed by atoms with Crippen LogP contribution in [0.3, 0.4) is 0 Å². The largest absolute Gasteiger partial charge is 0.398 e. The van der Waals surface area contributed by atoms with Crippen molar-refractivity contribution < 1.29 is 4.39 Å². The second kappa shape index (κ2) is 5.44. The van der Waals surface area contributed by atoms with Gasteiger partial charge in [0.1, 0.15) is 5.82 Å². The number of rotatable bonds is 3. The molecule has 0 radical (unpaired) electrons. The number of benzene rings is 2. The highest BCUT2D eigenvalue weighted by molar-refractivity contribution is 7.98. The molecule has 2 rings (SSSR count). The second-order valence-electron chi connectivity index (χ2n) is 4.40. The van der Waals surface area contributed by atoms with Gasteiger partial charge in [0.05, 0.1) is 0 Å². The van der Waals surface area contributed by atoms with Crippen molar-refractivity contribution in [2.75, 3.05) is 5.73 Å². The summed E-state index contributed by atoms with van der Waals surface area (Å²) in [4.78, 5) is 1.08. The Morgan fingerprint density at radius 1 is 1.11 bits per heavy atom. The molecule has 0 aliphatic heterocycles. The average molecular weight is 261 g/mol. The number of nitrogens with two attached hydrogens (primary N) is 1. The number of thioether (sulfide) groups is 1. The van der Waals surface area contributed by atoms with Crippen molar-refractivity contribution in [1.29, 1.82) is 0 Å². The summed E-state index contributed by atoms with van der Waals surface area (Å²) in [7, 11) is 0. The minimum Gasteiger partial charge on any atom is -0.398 e. The Morgan fingerprint density at radius 2 is 1.89 bits per heavy atom. The fourth-order valence-corrected chi connectivity index (χ4v) is 2.88. The van der Waals surface area contributed by atoms with E-state index in [1.54, 1.807) is 17.8 Å². The SMILES string of the molecule is Cc1ccc(N)c(SCc2ccc(F)cc2C)c1. The van der Waals surface area contributed by atoms with E-state index in [0.717, 1.165) is 27.5 Å². The number of hydrogen-bond acceptors (Lipinski definition) is 2. The van der Waals surface area contributed by atoms with Crippen LogP contribution >= 0.6 is 11.8 Å². The zero-order valence-corrected chi connectivity index (χ0v) is 11.4. The summed E-state index contributed by atoms with van der Waals surface area (Å²) in [5, 5.41) is 0. The summed E-state index contributed by atoms with van der Waals surface area (Å²) in [6.07, 6.45) is 0. The molecule has 2 aromatic rings. The summed E-state index contributed by atoms with van der Waals surface area (Å²) in [5.41, 5.74) is 10.0. The van der Waals surface area contributed by atoms with Gasteiger partial charge >= 0.3 is 0 Å². The maximum atomic E-state index is 13.0. The number of nitrogen functional groups attached to an aromatic ring is 1. The Balaban J connectivity index is 2.13. The molecule has 0 spiro atoms. The molecule has 1 nitrogen and oxygen atoms in total. The van der Waals surface area contributed by atoms with Gasteiger partial charge in [0, 0.05) is 16.3 Å². The Bertz CT molecular complexity index is 566. The van der Waals surface area contributed by atoms with Crippen LogP contribution in [0.2, 0.25) is 0 Å². The summed E-state index contributed by atoms with van der Waals surface area (Å²) in [5.74, 6) is 0.621. The minimum atomic E-state index is -0.184. The Morgan fingerprint density at radius 3 is 2.61 bits per heavy atom. The first-order valence-electron chi connectivity index (χ1n) is 5.80. The van der Waals surface area contributed by atoms with Crippen LogP contribution in [-0.2, 0) is 5.75 Å². The van der Waals surface area contributed by atoms with Crippen LogP contribution < -0.4 is 5.73 Å². The smallest absolute Gasteiger partial charge is 0.123 e. The van der Waals surface area contributed by atoms with Gasteiger partial charge in [0.15, 0.2) is 0 Å². The summed E-state index contributed by atoms with van der Waals surface area (Å²) in [6.45, 7) is 3.98. The molecular weight excluding hydrogens is 245 g/mol. The first-order valence-corrected chi connectivity index (χ1v) is 6.79. The van der Waals surface area contributed by atoms with E-state index in [1.165, 1.54) is 11.6 Å². The van der Waals surface area contributed by atoms with Crippen molar-refractivity contribution in [3.63, 3.8) is 0 Å². The van der Waals surface area contributed by atoms with E-state index in [1.807, 2.05) is 32.0 Å². The third-order valence-corrected chi connectivity index (χ3v) is 3.98. The maximum Gasteiger partial charge on any atom is 0.123 e. The zero-order chi connectivity index (χ0) is 13.1. The Hall–Kier alpha value is -1.48. The molecule has 0 fully saturated rings. The highest BCUT2D eigenvalue weighted by Gasteiger charge is 2.04. The van der Waals surface area contributed by atoms with E-state index >= 15 is 0 Å². The Labute approximate surface area is 111 Å². The molecule has 0 amide bonds. The van der Waals surface area contributed by atoms with Crippen molar-refractivity contribution in [1.82, 2.24) is 0 Å². The van der Waals surface area contributed by atoms with Crippen LogP contribution in [0.4, 0.5) is 10.1 Å². The minimum absolute atomic E-state index is 0.184. The predicted octanol–water partition coefficient (Wildman–Crippen LogP) is 4.32. The first-order chi connectivity index (χ1) is 8.56.